The first-order valence-electron chi connectivity index (χ1n) is 7.24. The average molecular weight is 332 g/mol. The van der Waals surface area contributed by atoms with Gasteiger partial charge in [-0.05, 0) is 49.2 Å². The van der Waals surface area contributed by atoms with Crippen LogP contribution in [0.15, 0.2) is 53.6 Å². The smallest absolute Gasteiger partial charge is 0.338 e. The highest BCUT2D eigenvalue weighted by molar-refractivity contribution is 7.89. The minimum Gasteiger partial charge on any atom is -0.456 e. The van der Waals surface area contributed by atoms with Gasteiger partial charge in [-0.2, -0.15) is 0 Å². The molecule has 1 fully saturated rings. The molecule has 1 aliphatic carbocycles. The number of nitrogens with zero attached hydrogens (tertiary/aromatic N) is 1. The summed E-state index contributed by atoms with van der Waals surface area (Å²) in [4.78, 5) is 16.2. The molecule has 0 unspecified atom stereocenters. The molecule has 0 atom stereocenters. The second kappa shape index (κ2) is 6.47. The largest absolute Gasteiger partial charge is 0.456 e. The van der Waals surface area contributed by atoms with Crippen molar-refractivity contribution in [3.8, 4) is 0 Å². The van der Waals surface area contributed by atoms with E-state index in [0.29, 0.717) is 11.3 Å². The number of benzene rings is 1. The van der Waals surface area contributed by atoms with Crippen LogP contribution in [0, 0.1) is 0 Å². The van der Waals surface area contributed by atoms with Gasteiger partial charge in [-0.1, -0.05) is 6.07 Å². The number of carbonyl (C=O) groups is 1. The van der Waals surface area contributed by atoms with Crippen LogP contribution >= 0.6 is 0 Å². The normalized spacial score (nSPS) is 14.4. The predicted molar refractivity (Wildman–Crippen MR) is 83.1 cm³/mol. The number of ether oxygens (including phenoxy) is 1. The van der Waals surface area contributed by atoms with Gasteiger partial charge >= 0.3 is 5.97 Å². The van der Waals surface area contributed by atoms with Gasteiger partial charge in [-0.25, -0.2) is 17.9 Å². The van der Waals surface area contributed by atoms with E-state index in [-0.39, 0.29) is 17.5 Å². The zero-order valence-corrected chi connectivity index (χ0v) is 13.1. The van der Waals surface area contributed by atoms with Crippen LogP contribution in [0.3, 0.4) is 0 Å². The number of rotatable bonds is 6. The fourth-order valence-electron chi connectivity index (χ4n) is 1.97. The van der Waals surface area contributed by atoms with Gasteiger partial charge in [0.05, 0.1) is 16.2 Å². The Kier molecular flexibility index (Phi) is 4.40. The van der Waals surface area contributed by atoms with E-state index < -0.39 is 16.0 Å². The first kappa shape index (κ1) is 15.6. The summed E-state index contributed by atoms with van der Waals surface area (Å²) >= 11 is 0. The molecule has 6 nitrogen and oxygen atoms in total. The Morgan fingerprint density at radius 2 is 1.91 bits per heavy atom. The summed E-state index contributed by atoms with van der Waals surface area (Å²) in [5.74, 6) is -0.519. The zero-order valence-electron chi connectivity index (χ0n) is 12.3. The van der Waals surface area contributed by atoms with Crippen molar-refractivity contribution in [2.75, 3.05) is 0 Å². The fourth-order valence-corrected chi connectivity index (χ4v) is 3.27. The van der Waals surface area contributed by atoms with Crippen LogP contribution in [-0.2, 0) is 21.4 Å². The quantitative estimate of drug-likeness (QED) is 0.816. The zero-order chi connectivity index (χ0) is 16.3. The molecule has 0 radical (unpaired) electrons. The monoisotopic (exact) mass is 332 g/mol. The maximum atomic E-state index is 12.0. The lowest BCUT2D eigenvalue weighted by molar-refractivity contribution is 0.0467. The summed E-state index contributed by atoms with van der Waals surface area (Å²) in [5, 5.41) is 0. The molecule has 1 saturated carbocycles. The van der Waals surface area contributed by atoms with E-state index in [1.165, 1.54) is 24.3 Å². The average Bonchev–Trinajstić information content (AvgIpc) is 3.37. The highest BCUT2D eigenvalue weighted by Gasteiger charge is 2.28. The van der Waals surface area contributed by atoms with Crippen LogP contribution in [-0.4, -0.2) is 25.4 Å². The lowest BCUT2D eigenvalue weighted by Crippen LogP contribution is -2.25. The first-order valence-corrected chi connectivity index (χ1v) is 8.72. The molecule has 1 aliphatic rings. The van der Waals surface area contributed by atoms with Crippen LogP contribution in [0.1, 0.15) is 28.9 Å². The van der Waals surface area contributed by atoms with Gasteiger partial charge in [-0.15, -0.1) is 0 Å². The number of esters is 1. The number of aromatic nitrogens is 1. The molecule has 0 bridgehead atoms. The summed E-state index contributed by atoms with van der Waals surface area (Å²) in [6.07, 6.45) is 3.37. The lowest BCUT2D eigenvalue weighted by atomic mass is 10.2. The number of pyridine rings is 1. The van der Waals surface area contributed by atoms with E-state index in [1.807, 2.05) is 6.07 Å². The molecule has 3 rings (SSSR count). The van der Waals surface area contributed by atoms with Gasteiger partial charge in [0, 0.05) is 12.2 Å². The molecule has 7 heteroatoms. The Labute approximate surface area is 134 Å². The number of sulfonamides is 1. The van der Waals surface area contributed by atoms with E-state index in [9.17, 15) is 13.2 Å². The van der Waals surface area contributed by atoms with Crippen LogP contribution in [0.4, 0.5) is 0 Å². The van der Waals surface area contributed by atoms with E-state index in [4.69, 9.17) is 4.74 Å². The SMILES string of the molecule is O=C(OCc1ccccn1)c1ccc(S(=O)(=O)NC2CC2)cc1. The minimum atomic E-state index is -3.51. The number of hydrogen-bond donors (Lipinski definition) is 1. The van der Waals surface area contributed by atoms with Crippen molar-refractivity contribution in [1.29, 1.82) is 0 Å². The summed E-state index contributed by atoms with van der Waals surface area (Å²) in [6.45, 7) is 0.0724. The van der Waals surface area contributed by atoms with Gasteiger partial charge in [0.25, 0.3) is 0 Å². The molecule has 1 heterocycles. The first-order chi connectivity index (χ1) is 11.0. The molecule has 120 valence electrons. The van der Waals surface area contributed by atoms with Crippen molar-refractivity contribution in [3.63, 3.8) is 0 Å². The highest BCUT2D eigenvalue weighted by atomic mass is 32.2. The van der Waals surface area contributed by atoms with Crippen LogP contribution in [0.5, 0.6) is 0 Å². The van der Waals surface area contributed by atoms with Crippen molar-refractivity contribution in [3.05, 3.63) is 59.9 Å². The predicted octanol–water partition coefficient (Wildman–Crippen LogP) is 1.88. The Morgan fingerprint density at radius 1 is 1.17 bits per heavy atom. The van der Waals surface area contributed by atoms with E-state index in [0.717, 1.165) is 12.8 Å². The molecular formula is C16H16N2O4S. The van der Waals surface area contributed by atoms with Gasteiger partial charge in [0.15, 0.2) is 0 Å². The van der Waals surface area contributed by atoms with Gasteiger partial charge < -0.3 is 4.74 Å². The van der Waals surface area contributed by atoms with Gasteiger partial charge in [0.1, 0.15) is 6.61 Å². The Hall–Kier alpha value is -2.25. The standard InChI is InChI=1S/C16H16N2O4S/c19-16(22-11-14-3-1-2-10-17-14)12-4-8-15(9-5-12)23(20,21)18-13-6-7-13/h1-5,8-10,13,18H,6-7,11H2. The minimum absolute atomic E-state index is 0.0445. The molecule has 0 amide bonds. The van der Waals surface area contributed by atoms with Crippen LogP contribution < -0.4 is 4.72 Å². The van der Waals surface area contributed by atoms with Crippen LogP contribution in [0.2, 0.25) is 0 Å². The van der Waals surface area contributed by atoms with Crippen molar-refractivity contribution in [1.82, 2.24) is 9.71 Å². The molecule has 0 aliphatic heterocycles. The van der Waals surface area contributed by atoms with Gasteiger partial charge in [-0.3, -0.25) is 4.98 Å². The third kappa shape index (κ3) is 4.14. The Bertz CT molecular complexity index is 785. The maximum absolute atomic E-state index is 12.0. The second-order valence-electron chi connectivity index (χ2n) is 5.32. The fraction of sp³-hybridized carbons (Fsp3) is 0.250. The van der Waals surface area contributed by atoms with E-state index >= 15 is 0 Å². The number of carbonyl (C=O) groups excluding carboxylic acids is 1. The summed E-state index contributed by atoms with van der Waals surface area (Å²) < 4.78 is 31.8. The highest BCUT2D eigenvalue weighted by Crippen LogP contribution is 2.22. The van der Waals surface area contributed by atoms with E-state index in [1.54, 1.807) is 18.3 Å². The number of hydrogen-bond acceptors (Lipinski definition) is 5. The third-order valence-electron chi connectivity index (χ3n) is 3.38. The summed E-state index contributed by atoms with van der Waals surface area (Å²) in [5.41, 5.74) is 0.944. The third-order valence-corrected chi connectivity index (χ3v) is 4.91. The summed E-state index contributed by atoms with van der Waals surface area (Å²) in [7, 11) is -3.51. The van der Waals surface area contributed by atoms with Crippen LogP contribution in [0.25, 0.3) is 0 Å². The molecule has 1 N–H and O–H groups in total. The Morgan fingerprint density at radius 3 is 2.52 bits per heavy atom. The van der Waals surface area contributed by atoms with Crippen molar-refractivity contribution >= 4 is 16.0 Å². The molecule has 0 saturated heterocycles. The topological polar surface area (TPSA) is 85.4 Å². The molecule has 23 heavy (non-hydrogen) atoms. The molecule has 2 aromatic rings. The molecule has 1 aromatic carbocycles. The number of nitrogens with one attached hydrogen (secondary N) is 1. The summed E-state index contributed by atoms with van der Waals surface area (Å²) in [6, 6.07) is 11.1. The van der Waals surface area contributed by atoms with Crippen molar-refractivity contribution in [2.24, 2.45) is 0 Å². The van der Waals surface area contributed by atoms with Gasteiger partial charge in [0.2, 0.25) is 10.0 Å². The molecule has 0 spiro atoms. The van der Waals surface area contributed by atoms with Crippen molar-refractivity contribution in [2.45, 2.75) is 30.4 Å². The maximum Gasteiger partial charge on any atom is 0.338 e. The Balaban J connectivity index is 1.63. The lowest BCUT2D eigenvalue weighted by Gasteiger charge is -2.07. The molecular weight excluding hydrogens is 316 g/mol. The second-order valence-corrected chi connectivity index (χ2v) is 7.03. The van der Waals surface area contributed by atoms with E-state index in [2.05, 4.69) is 9.71 Å². The molecule has 1 aromatic heterocycles. The van der Waals surface area contributed by atoms with Crippen molar-refractivity contribution < 1.29 is 17.9 Å².